The van der Waals surface area contributed by atoms with Gasteiger partial charge in [0.1, 0.15) is 18.2 Å². The molecule has 1 fully saturated rings. The maximum Gasteiger partial charge on any atom is 0.407 e. The molecule has 1 unspecified atom stereocenters. The highest BCUT2D eigenvalue weighted by Crippen LogP contribution is 2.16. The van der Waals surface area contributed by atoms with Crippen LogP contribution in [0.2, 0.25) is 0 Å². The molecule has 0 aromatic heterocycles. The van der Waals surface area contributed by atoms with Crippen LogP contribution >= 0.6 is 0 Å². The number of nitrogens with zero attached hydrogens (tertiary/aromatic N) is 2. The Hall–Kier alpha value is -2.81. The van der Waals surface area contributed by atoms with Gasteiger partial charge in [0.05, 0.1) is 13.2 Å². The Kier molecular flexibility index (Phi) is 6.79. The number of carboxylic acid groups (broad SMARTS) is 1. The molecule has 0 radical (unpaired) electrons. The number of piperidine rings is 1. The lowest BCUT2D eigenvalue weighted by molar-refractivity contribution is -0.151. The van der Waals surface area contributed by atoms with Crippen molar-refractivity contribution >= 4 is 17.9 Å². The maximum absolute atomic E-state index is 11.1. The van der Waals surface area contributed by atoms with E-state index in [1.165, 1.54) is 12.0 Å². The average Bonchev–Trinajstić information content (AvgIpc) is 2.66. The molecule has 9 nitrogen and oxygen atoms in total. The van der Waals surface area contributed by atoms with Crippen LogP contribution in [0.4, 0.5) is 4.79 Å². The van der Waals surface area contributed by atoms with Gasteiger partial charge in [-0.25, -0.2) is 9.59 Å². The predicted molar refractivity (Wildman–Crippen MR) is 93.3 cm³/mol. The van der Waals surface area contributed by atoms with Crippen LogP contribution in [0.25, 0.3) is 0 Å². The lowest BCUT2D eigenvalue weighted by Crippen LogP contribution is -2.39. The molecule has 2 rings (SSSR count). The summed E-state index contributed by atoms with van der Waals surface area (Å²) in [7, 11) is 1.19. The molecule has 4 N–H and O–H groups in total. The third kappa shape index (κ3) is 5.35. The number of amides is 1. The highest BCUT2D eigenvalue weighted by molar-refractivity contribution is 5.97. The van der Waals surface area contributed by atoms with Crippen molar-refractivity contribution in [1.29, 1.82) is 0 Å². The van der Waals surface area contributed by atoms with Gasteiger partial charge >= 0.3 is 12.1 Å². The van der Waals surface area contributed by atoms with Crippen LogP contribution in [0.15, 0.2) is 29.3 Å². The smallest absolute Gasteiger partial charge is 0.407 e. The van der Waals surface area contributed by atoms with Gasteiger partial charge in [-0.05, 0) is 37.1 Å². The molecule has 1 aliphatic rings. The maximum atomic E-state index is 11.1. The molecule has 0 spiro atoms. The summed E-state index contributed by atoms with van der Waals surface area (Å²) in [5, 5.41) is 18.4. The summed E-state index contributed by atoms with van der Waals surface area (Å²) in [4.78, 5) is 27.8. The van der Waals surface area contributed by atoms with Crippen molar-refractivity contribution in [3.05, 3.63) is 29.8 Å². The van der Waals surface area contributed by atoms with Crippen LogP contribution in [0.5, 0.6) is 5.75 Å². The van der Waals surface area contributed by atoms with Crippen molar-refractivity contribution in [3.63, 3.8) is 0 Å². The molecule has 0 aliphatic carbocycles. The lowest BCUT2D eigenvalue weighted by atomic mass is 10.1. The summed E-state index contributed by atoms with van der Waals surface area (Å²) >= 11 is 0. The van der Waals surface area contributed by atoms with Crippen LogP contribution in [-0.4, -0.2) is 72.0 Å². The number of hydrogen-bond acceptors (Lipinski definition) is 6. The van der Waals surface area contributed by atoms with E-state index in [0.29, 0.717) is 43.1 Å². The van der Waals surface area contributed by atoms with Gasteiger partial charge in [0.2, 0.25) is 0 Å². The van der Waals surface area contributed by atoms with E-state index in [1.807, 2.05) is 0 Å². The first-order valence-electron chi connectivity index (χ1n) is 8.21. The second-order valence-electron chi connectivity index (χ2n) is 5.89. The molecule has 1 saturated heterocycles. The number of benzene rings is 1. The molecule has 1 aromatic rings. The van der Waals surface area contributed by atoms with Crippen LogP contribution in [0, 0.1) is 0 Å². The number of aliphatic hydroxyl groups is 1. The SMILES string of the molecule is COC(=O)C(O)COc1ccc(C(N)=NC2CCN(C(=O)O)CC2)cc1. The number of carbonyl (C=O) groups is 2. The molecule has 142 valence electrons. The Morgan fingerprint density at radius 2 is 1.92 bits per heavy atom. The van der Waals surface area contributed by atoms with E-state index >= 15 is 0 Å². The fourth-order valence-corrected chi connectivity index (χ4v) is 2.56. The number of likely N-dealkylation sites (tertiary alicyclic amines) is 1. The number of esters is 1. The minimum Gasteiger partial charge on any atom is -0.490 e. The second-order valence-corrected chi connectivity index (χ2v) is 5.89. The highest BCUT2D eigenvalue weighted by Gasteiger charge is 2.22. The fraction of sp³-hybridized carbons (Fsp3) is 0.471. The summed E-state index contributed by atoms with van der Waals surface area (Å²) in [6.07, 6.45) is -0.976. The number of amidine groups is 1. The van der Waals surface area contributed by atoms with E-state index in [-0.39, 0.29) is 12.6 Å². The van der Waals surface area contributed by atoms with Crippen molar-refractivity contribution in [2.24, 2.45) is 10.7 Å². The van der Waals surface area contributed by atoms with Crippen LogP contribution in [0.1, 0.15) is 18.4 Å². The largest absolute Gasteiger partial charge is 0.490 e. The van der Waals surface area contributed by atoms with Gasteiger partial charge in [0.25, 0.3) is 0 Å². The second kappa shape index (κ2) is 9.04. The predicted octanol–water partition coefficient (Wildman–Crippen LogP) is 0.447. The van der Waals surface area contributed by atoms with E-state index in [0.717, 1.165) is 0 Å². The molecule has 26 heavy (non-hydrogen) atoms. The minimum atomic E-state index is -1.34. The first-order chi connectivity index (χ1) is 12.4. The van der Waals surface area contributed by atoms with Gasteiger partial charge in [-0.1, -0.05) is 0 Å². The standard InChI is InChI=1S/C17H23N3O6/c1-25-16(22)14(21)10-26-13-4-2-11(3-5-13)15(18)19-12-6-8-20(9-7-12)17(23)24/h2-5,12,14,21H,6-10H2,1H3,(H2,18,19)(H,23,24). The number of hydrogen-bond donors (Lipinski definition) is 3. The van der Waals surface area contributed by atoms with Crippen LogP contribution < -0.4 is 10.5 Å². The topological polar surface area (TPSA) is 135 Å². The number of methoxy groups -OCH3 is 1. The van der Waals surface area contributed by atoms with Crippen molar-refractivity contribution in [2.45, 2.75) is 25.0 Å². The molecule has 1 aromatic carbocycles. The Labute approximate surface area is 151 Å². The lowest BCUT2D eigenvalue weighted by Gasteiger charge is -2.28. The molecular weight excluding hydrogens is 342 g/mol. The van der Waals surface area contributed by atoms with Gasteiger partial charge in [-0.3, -0.25) is 4.99 Å². The first-order valence-corrected chi connectivity index (χ1v) is 8.21. The Morgan fingerprint density at radius 1 is 1.31 bits per heavy atom. The van der Waals surface area contributed by atoms with Crippen molar-refractivity contribution in [3.8, 4) is 5.75 Å². The van der Waals surface area contributed by atoms with Gasteiger partial charge in [-0.2, -0.15) is 0 Å². The van der Waals surface area contributed by atoms with Crippen molar-refractivity contribution in [1.82, 2.24) is 4.90 Å². The number of nitrogens with two attached hydrogens (primary N) is 1. The van der Waals surface area contributed by atoms with E-state index in [9.17, 15) is 14.7 Å². The molecule has 1 amide bonds. The Morgan fingerprint density at radius 3 is 2.46 bits per heavy atom. The van der Waals surface area contributed by atoms with E-state index in [1.54, 1.807) is 24.3 Å². The van der Waals surface area contributed by atoms with Gasteiger partial charge in [0.15, 0.2) is 6.10 Å². The first kappa shape index (κ1) is 19.5. The Bertz CT molecular complexity index is 653. The fourth-order valence-electron chi connectivity index (χ4n) is 2.56. The van der Waals surface area contributed by atoms with E-state index in [4.69, 9.17) is 15.6 Å². The molecular formula is C17H23N3O6. The molecule has 0 saturated carbocycles. The molecule has 9 heteroatoms. The van der Waals surface area contributed by atoms with E-state index in [2.05, 4.69) is 9.73 Å². The zero-order chi connectivity index (χ0) is 19.1. The summed E-state index contributed by atoms with van der Waals surface area (Å²) in [5.74, 6) is 0.0890. The average molecular weight is 365 g/mol. The molecule has 1 aliphatic heterocycles. The minimum absolute atomic E-state index is 0.00303. The number of rotatable bonds is 6. The number of carbonyl (C=O) groups excluding carboxylic acids is 1. The van der Waals surface area contributed by atoms with E-state index < -0.39 is 18.2 Å². The quantitative estimate of drug-likeness (QED) is 0.378. The van der Waals surface area contributed by atoms with Crippen LogP contribution in [0.3, 0.4) is 0 Å². The third-order valence-corrected chi connectivity index (χ3v) is 4.09. The van der Waals surface area contributed by atoms with Gasteiger partial charge < -0.3 is 30.3 Å². The normalized spacial score (nSPS) is 16.8. The third-order valence-electron chi connectivity index (χ3n) is 4.09. The van der Waals surface area contributed by atoms with Gasteiger partial charge in [0, 0.05) is 18.7 Å². The summed E-state index contributed by atoms with van der Waals surface area (Å²) in [6.45, 7) is 0.690. The highest BCUT2D eigenvalue weighted by atomic mass is 16.5. The molecule has 0 bridgehead atoms. The Balaban J connectivity index is 1.89. The summed E-state index contributed by atoms with van der Waals surface area (Å²) in [5.41, 5.74) is 6.74. The number of aliphatic hydroxyl groups excluding tert-OH is 1. The molecule has 1 atom stereocenters. The summed E-state index contributed by atoms with van der Waals surface area (Å²) in [6, 6.07) is 6.77. The monoisotopic (exact) mass is 365 g/mol. The molecule has 1 heterocycles. The van der Waals surface area contributed by atoms with Crippen molar-refractivity contribution < 1.29 is 29.3 Å². The summed E-state index contributed by atoms with van der Waals surface area (Å²) < 4.78 is 9.72. The van der Waals surface area contributed by atoms with Crippen LogP contribution in [-0.2, 0) is 9.53 Å². The number of ether oxygens (including phenoxy) is 2. The zero-order valence-corrected chi connectivity index (χ0v) is 14.5. The zero-order valence-electron chi connectivity index (χ0n) is 14.5. The van der Waals surface area contributed by atoms with Gasteiger partial charge in [-0.15, -0.1) is 0 Å². The van der Waals surface area contributed by atoms with Crippen molar-refractivity contribution in [2.75, 3.05) is 26.8 Å². The number of aliphatic imine (C=N–C) groups is 1.